The molecule has 0 saturated carbocycles. The minimum Gasteiger partial charge on any atom is -0.491 e. The van der Waals surface area contributed by atoms with Crippen molar-refractivity contribution in [2.45, 2.75) is 19.6 Å². The van der Waals surface area contributed by atoms with E-state index in [1.807, 2.05) is 25.1 Å². The lowest BCUT2D eigenvalue weighted by Gasteiger charge is -2.15. The number of aliphatic imine (C=N–C) groups is 1. The number of nitrogens with zero attached hydrogens (tertiary/aromatic N) is 2. The first kappa shape index (κ1) is 24.3. The predicted octanol–water partition coefficient (Wildman–Crippen LogP) is 3.18. The number of hydrogen-bond acceptors (Lipinski definition) is 5. The predicted molar refractivity (Wildman–Crippen MR) is 111 cm³/mol. The lowest BCUT2D eigenvalue weighted by molar-refractivity contribution is -0.137. The largest absolute Gasteiger partial charge is 0.491 e. The summed E-state index contributed by atoms with van der Waals surface area (Å²) in [5.74, 6) is 1.44. The third-order valence-electron chi connectivity index (χ3n) is 4.15. The summed E-state index contributed by atoms with van der Waals surface area (Å²) >= 11 is 0. The second-order valence-electron chi connectivity index (χ2n) is 6.54. The molecule has 0 bridgehead atoms. The molecule has 10 heteroatoms. The molecule has 2 N–H and O–H groups in total. The molecule has 2 aromatic rings. The number of methoxy groups -OCH3 is 1. The van der Waals surface area contributed by atoms with Crippen molar-refractivity contribution in [1.82, 2.24) is 15.6 Å². The molecule has 0 unspecified atom stereocenters. The average molecular weight is 440 g/mol. The van der Waals surface area contributed by atoms with Crippen LogP contribution in [0.5, 0.6) is 11.6 Å². The van der Waals surface area contributed by atoms with Crippen LogP contribution in [0.3, 0.4) is 0 Å². The van der Waals surface area contributed by atoms with Gasteiger partial charge in [0.05, 0.1) is 18.7 Å². The van der Waals surface area contributed by atoms with Crippen LogP contribution in [0.4, 0.5) is 13.2 Å². The zero-order valence-electron chi connectivity index (χ0n) is 17.8. The van der Waals surface area contributed by atoms with Gasteiger partial charge in [-0.15, -0.1) is 0 Å². The van der Waals surface area contributed by atoms with E-state index in [2.05, 4.69) is 20.6 Å². The molecule has 2 rings (SSSR count). The van der Waals surface area contributed by atoms with Crippen LogP contribution in [0.1, 0.15) is 16.7 Å². The van der Waals surface area contributed by atoms with Gasteiger partial charge in [0.25, 0.3) is 0 Å². The highest BCUT2D eigenvalue weighted by atomic mass is 19.4. The lowest BCUT2D eigenvalue weighted by Crippen LogP contribution is -2.39. The first-order valence-electron chi connectivity index (χ1n) is 9.65. The third kappa shape index (κ3) is 8.33. The zero-order chi connectivity index (χ0) is 22.7. The van der Waals surface area contributed by atoms with Crippen molar-refractivity contribution in [1.29, 1.82) is 0 Å². The molecule has 0 spiro atoms. The van der Waals surface area contributed by atoms with Crippen LogP contribution >= 0.6 is 0 Å². The molecular formula is C21H27F3N4O3. The molecule has 0 atom stereocenters. The molecule has 1 heterocycles. The zero-order valence-corrected chi connectivity index (χ0v) is 17.8. The van der Waals surface area contributed by atoms with Gasteiger partial charge in [-0.05, 0) is 24.6 Å². The molecule has 0 fully saturated rings. The van der Waals surface area contributed by atoms with Crippen molar-refractivity contribution in [3.05, 3.63) is 53.2 Å². The molecule has 0 aliphatic rings. The Balaban J connectivity index is 1.79. The maximum Gasteiger partial charge on any atom is 0.417 e. The molecule has 7 nitrogen and oxygen atoms in total. The van der Waals surface area contributed by atoms with Crippen molar-refractivity contribution in [2.75, 3.05) is 40.5 Å². The Kier molecular flexibility index (Phi) is 9.39. The van der Waals surface area contributed by atoms with Gasteiger partial charge < -0.3 is 24.8 Å². The van der Waals surface area contributed by atoms with Gasteiger partial charge in [0, 0.05) is 38.5 Å². The van der Waals surface area contributed by atoms with Gasteiger partial charge in [-0.3, -0.25) is 4.99 Å². The minimum absolute atomic E-state index is 0.121. The van der Waals surface area contributed by atoms with E-state index in [4.69, 9.17) is 14.2 Å². The molecule has 1 aromatic heterocycles. The Morgan fingerprint density at radius 1 is 1.06 bits per heavy atom. The number of aromatic nitrogens is 1. The average Bonchev–Trinajstić information content (AvgIpc) is 2.74. The van der Waals surface area contributed by atoms with Crippen LogP contribution in [-0.2, 0) is 17.5 Å². The van der Waals surface area contributed by atoms with Gasteiger partial charge in [0.1, 0.15) is 19.0 Å². The van der Waals surface area contributed by atoms with E-state index in [-0.39, 0.29) is 12.5 Å². The maximum absolute atomic E-state index is 12.5. The van der Waals surface area contributed by atoms with E-state index in [0.717, 1.165) is 29.1 Å². The van der Waals surface area contributed by atoms with Crippen molar-refractivity contribution >= 4 is 5.96 Å². The number of alkyl halides is 3. The molecule has 170 valence electrons. The molecule has 0 aliphatic carbocycles. The lowest BCUT2D eigenvalue weighted by atomic mass is 10.1. The fourth-order valence-corrected chi connectivity index (χ4v) is 2.54. The number of guanidine groups is 1. The third-order valence-corrected chi connectivity index (χ3v) is 4.15. The van der Waals surface area contributed by atoms with E-state index in [1.165, 1.54) is 6.07 Å². The minimum atomic E-state index is -4.42. The summed E-state index contributed by atoms with van der Waals surface area (Å²) in [5, 5.41) is 6.26. The quantitative estimate of drug-likeness (QED) is 0.336. The van der Waals surface area contributed by atoms with Gasteiger partial charge in [-0.1, -0.05) is 12.1 Å². The number of rotatable bonds is 10. The molecule has 0 aliphatic heterocycles. The Morgan fingerprint density at radius 3 is 2.52 bits per heavy atom. The van der Waals surface area contributed by atoms with Crippen molar-refractivity contribution in [3.8, 4) is 11.6 Å². The number of aryl methyl sites for hydroxylation is 1. The van der Waals surface area contributed by atoms with Crippen LogP contribution in [0, 0.1) is 6.92 Å². The second kappa shape index (κ2) is 12.0. The monoisotopic (exact) mass is 440 g/mol. The van der Waals surface area contributed by atoms with Crippen molar-refractivity contribution in [3.63, 3.8) is 0 Å². The normalized spacial score (nSPS) is 11.9. The fourth-order valence-electron chi connectivity index (χ4n) is 2.54. The highest BCUT2D eigenvalue weighted by molar-refractivity contribution is 5.79. The summed E-state index contributed by atoms with van der Waals surface area (Å²) in [6.07, 6.45) is -3.67. The molecule has 1 aromatic carbocycles. The van der Waals surface area contributed by atoms with Gasteiger partial charge in [-0.25, -0.2) is 4.98 Å². The Morgan fingerprint density at radius 2 is 1.87 bits per heavy atom. The van der Waals surface area contributed by atoms with E-state index in [0.29, 0.717) is 32.3 Å². The highest BCUT2D eigenvalue weighted by Gasteiger charge is 2.30. The summed E-state index contributed by atoms with van der Waals surface area (Å²) < 4.78 is 53.8. The second-order valence-corrected chi connectivity index (χ2v) is 6.54. The van der Waals surface area contributed by atoms with Crippen LogP contribution in [0.25, 0.3) is 0 Å². The maximum atomic E-state index is 12.5. The molecule has 0 radical (unpaired) electrons. The number of halogens is 3. The standard InChI is InChI=1S/C21H27F3N4O3/c1-15-4-5-16(18(12-15)30-11-10-29-3)13-28-20(25-2)26-8-9-31-19-7-6-17(14-27-19)21(22,23)24/h4-7,12,14H,8-11,13H2,1-3H3,(H2,25,26,28). The van der Waals surface area contributed by atoms with Gasteiger partial charge in [0.2, 0.25) is 5.88 Å². The van der Waals surface area contributed by atoms with E-state index >= 15 is 0 Å². The molecular weight excluding hydrogens is 413 g/mol. The summed E-state index contributed by atoms with van der Waals surface area (Å²) in [6.45, 7) is 4.02. The van der Waals surface area contributed by atoms with Crippen LogP contribution in [-0.4, -0.2) is 51.5 Å². The highest BCUT2D eigenvalue weighted by Crippen LogP contribution is 2.29. The number of hydrogen-bond donors (Lipinski definition) is 2. The summed E-state index contributed by atoms with van der Waals surface area (Å²) in [7, 11) is 3.26. The number of ether oxygens (including phenoxy) is 3. The smallest absolute Gasteiger partial charge is 0.417 e. The fraction of sp³-hybridized carbons (Fsp3) is 0.429. The van der Waals surface area contributed by atoms with E-state index < -0.39 is 11.7 Å². The summed E-state index contributed by atoms with van der Waals surface area (Å²) in [6, 6.07) is 8.08. The first-order chi connectivity index (χ1) is 14.8. The summed E-state index contributed by atoms with van der Waals surface area (Å²) in [4.78, 5) is 7.81. The van der Waals surface area contributed by atoms with Gasteiger partial charge in [-0.2, -0.15) is 13.2 Å². The molecule has 0 saturated heterocycles. The topological polar surface area (TPSA) is 77.0 Å². The van der Waals surface area contributed by atoms with Gasteiger partial charge in [0.15, 0.2) is 5.96 Å². The Labute approximate surface area is 179 Å². The SMILES string of the molecule is CN=C(NCCOc1ccc(C(F)(F)F)cn1)NCc1ccc(C)cc1OCCOC. The summed E-state index contributed by atoms with van der Waals surface area (Å²) in [5.41, 5.74) is 1.24. The number of benzene rings is 1. The molecule has 31 heavy (non-hydrogen) atoms. The molecule has 0 amide bonds. The van der Waals surface area contributed by atoms with Gasteiger partial charge >= 0.3 is 6.18 Å². The Hall–Kier alpha value is -3.01. The van der Waals surface area contributed by atoms with Crippen LogP contribution in [0.15, 0.2) is 41.5 Å². The Bertz CT molecular complexity index is 843. The number of nitrogens with one attached hydrogen (secondary N) is 2. The number of pyridine rings is 1. The van der Waals surface area contributed by atoms with E-state index in [1.54, 1.807) is 14.2 Å². The van der Waals surface area contributed by atoms with Crippen LogP contribution in [0.2, 0.25) is 0 Å². The van der Waals surface area contributed by atoms with E-state index in [9.17, 15) is 13.2 Å². The van der Waals surface area contributed by atoms with Crippen molar-refractivity contribution < 1.29 is 27.4 Å². The van der Waals surface area contributed by atoms with Crippen LogP contribution < -0.4 is 20.1 Å². The van der Waals surface area contributed by atoms with Crippen molar-refractivity contribution in [2.24, 2.45) is 4.99 Å². The first-order valence-corrected chi connectivity index (χ1v) is 9.65.